The zero-order valence-corrected chi connectivity index (χ0v) is 14.5. The van der Waals surface area contributed by atoms with Crippen molar-refractivity contribution in [3.63, 3.8) is 0 Å². The fraction of sp³-hybridized carbons (Fsp3) is 0.250. The SMILES string of the molecule is CC(C)c1ncc(Cl)c(C(=O)N(C)c2nc3ccccc3s2)n1. The summed E-state index contributed by atoms with van der Waals surface area (Å²) in [6, 6.07) is 7.76. The molecule has 2 aromatic heterocycles. The lowest BCUT2D eigenvalue weighted by Gasteiger charge is -2.14. The number of para-hydroxylation sites is 1. The molecule has 1 amide bonds. The molecule has 1 aromatic carbocycles. The van der Waals surface area contributed by atoms with E-state index in [0.717, 1.165) is 10.2 Å². The predicted octanol–water partition coefficient (Wildman–Crippen LogP) is 4.14. The van der Waals surface area contributed by atoms with Crippen LogP contribution in [0.3, 0.4) is 0 Å². The van der Waals surface area contributed by atoms with Crippen molar-refractivity contribution >= 4 is 44.2 Å². The fourth-order valence-electron chi connectivity index (χ4n) is 2.06. The molecule has 0 aliphatic carbocycles. The Morgan fingerprint density at radius 3 is 2.70 bits per heavy atom. The number of anilines is 1. The molecule has 0 spiro atoms. The van der Waals surface area contributed by atoms with E-state index >= 15 is 0 Å². The molecule has 3 rings (SSSR count). The summed E-state index contributed by atoms with van der Waals surface area (Å²) in [4.78, 5) is 27.2. The molecule has 0 bridgehead atoms. The minimum atomic E-state index is -0.293. The second-order valence-corrected chi connectivity index (χ2v) is 6.82. The molecule has 0 saturated heterocycles. The summed E-state index contributed by atoms with van der Waals surface area (Å²) >= 11 is 7.57. The van der Waals surface area contributed by atoms with Gasteiger partial charge in [0.05, 0.1) is 21.4 Å². The summed E-state index contributed by atoms with van der Waals surface area (Å²) < 4.78 is 1.03. The molecule has 0 unspecified atom stereocenters. The Morgan fingerprint density at radius 1 is 1.26 bits per heavy atom. The smallest absolute Gasteiger partial charge is 0.280 e. The van der Waals surface area contributed by atoms with Gasteiger partial charge in [-0.25, -0.2) is 15.0 Å². The zero-order valence-electron chi connectivity index (χ0n) is 12.9. The van der Waals surface area contributed by atoms with Gasteiger partial charge in [-0.2, -0.15) is 0 Å². The molecule has 0 radical (unpaired) electrons. The Balaban J connectivity index is 1.97. The van der Waals surface area contributed by atoms with Crippen molar-refractivity contribution in [1.82, 2.24) is 15.0 Å². The van der Waals surface area contributed by atoms with Gasteiger partial charge in [0.2, 0.25) is 0 Å². The molecule has 0 saturated carbocycles. The highest BCUT2D eigenvalue weighted by Crippen LogP contribution is 2.29. The number of rotatable bonds is 3. The minimum absolute atomic E-state index is 0.117. The van der Waals surface area contributed by atoms with Gasteiger partial charge in [-0.15, -0.1) is 0 Å². The summed E-state index contributed by atoms with van der Waals surface area (Å²) in [6.07, 6.45) is 1.48. The minimum Gasteiger partial charge on any atom is -0.286 e. The van der Waals surface area contributed by atoms with Crippen molar-refractivity contribution in [2.24, 2.45) is 0 Å². The molecule has 0 aliphatic heterocycles. The van der Waals surface area contributed by atoms with Crippen LogP contribution >= 0.6 is 22.9 Å². The van der Waals surface area contributed by atoms with Crippen molar-refractivity contribution in [1.29, 1.82) is 0 Å². The van der Waals surface area contributed by atoms with E-state index < -0.39 is 0 Å². The topological polar surface area (TPSA) is 59.0 Å². The zero-order chi connectivity index (χ0) is 16.6. The van der Waals surface area contributed by atoms with Gasteiger partial charge in [-0.1, -0.05) is 48.9 Å². The number of benzene rings is 1. The normalized spacial score (nSPS) is 11.2. The molecule has 23 heavy (non-hydrogen) atoms. The number of amides is 1. The van der Waals surface area contributed by atoms with E-state index in [4.69, 9.17) is 11.6 Å². The van der Waals surface area contributed by atoms with Gasteiger partial charge in [-0.05, 0) is 12.1 Å². The van der Waals surface area contributed by atoms with E-state index in [2.05, 4.69) is 15.0 Å². The Morgan fingerprint density at radius 2 is 2.00 bits per heavy atom. The van der Waals surface area contributed by atoms with Crippen LogP contribution < -0.4 is 4.90 Å². The average molecular weight is 347 g/mol. The maximum absolute atomic E-state index is 12.7. The number of carbonyl (C=O) groups excluding carboxylic acids is 1. The van der Waals surface area contributed by atoms with Crippen LogP contribution in [0.5, 0.6) is 0 Å². The number of thiazole rings is 1. The molecule has 0 aliphatic rings. The standard InChI is InChI=1S/C16H15ClN4OS/c1-9(2)14-18-8-10(17)13(20-14)15(22)21(3)16-19-11-6-4-5-7-12(11)23-16/h4-9H,1-3H3. The van der Waals surface area contributed by atoms with E-state index in [1.54, 1.807) is 7.05 Å². The van der Waals surface area contributed by atoms with Gasteiger partial charge < -0.3 is 0 Å². The molecule has 118 valence electrons. The van der Waals surface area contributed by atoms with Crippen molar-refractivity contribution < 1.29 is 4.79 Å². The van der Waals surface area contributed by atoms with Gasteiger partial charge in [-0.3, -0.25) is 9.69 Å². The third-order valence-corrected chi connectivity index (χ3v) is 4.75. The second kappa shape index (κ2) is 6.22. The van der Waals surface area contributed by atoms with Crippen LogP contribution in [-0.2, 0) is 0 Å². The molecule has 7 heteroatoms. The Bertz CT molecular complexity index is 844. The second-order valence-electron chi connectivity index (χ2n) is 5.41. The largest absolute Gasteiger partial charge is 0.286 e. The Kier molecular flexibility index (Phi) is 4.28. The maximum atomic E-state index is 12.7. The summed E-state index contributed by atoms with van der Waals surface area (Å²) in [5.41, 5.74) is 1.07. The van der Waals surface area contributed by atoms with Crippen LogP contribution in [0.1, 0.15) is 36.1 Å². The highest BCUT2D eigenvalue weighted by molar-refractivity contribution is 7.22. The number of halogens is 1. The third kappa shape index (κ3) is 3.04. The first-order chi connectivity index (χ1) is 11.0. The van der Waals surface area contributed by atoms with E-state index in [9.17, 15) is 4.79 Å². The molecule has 0 fully saturated rings. The first-order valence-corrected chi connectivity index (χ1v) is 8.33. The number of fused-ring (bicyclic) bond motifs is 1. The summed E-state index contributed by atoms with van der Waals surface area (Å²) in [5.74, 6) is 0.417. The van der Waals surface area contributed by atoms with Crippen LogP contribution in [0.15, 0.2) is 30.5 Å². The van der Waals surface area contributed by atoms with Crippen LogP contribution in [-0.4, -0.2) is 27.9 Å². The molecule has 0 atom stereocenters. The number of nitrogens with zero attached hydrogens (tertiary/aromatic N) is 4. The average Bonchev–Trinajstić information content (AvgIpc) is 2.97. The Labute approximate surface area is 143 Å². The Hall–Kier alpha value is -2.05. The van der Waals surface area contributed by atoms with E-state index in [1.807, 2.05) is 38.1 Å². The highest BCUT2D eigenvalue weighted by Gasteiger charge is 2.22. The van der Waals surface area contributed by atoms with Crippen molar-refractivity contribution in [2.45, 2.75) is 19.8 Å². The van der Waals surface area contributed by atoms with E-state index in [-0.39, 0.29) is 22.5 Å². The number of carbonyl (C=O) groups is 1. The van der Waals surface area contributed by atoms with Crippen LogP contribution in [0.25, 0.3) is 10.2 Å². The van der Waals surface area contributed by atoms with Gasteiger partial charge in [0, 0.05) is 13.0 Å². The maximum Gasteiger partial charge on any atom is 0.280 e. The molecule has 3 aromatic rings. The van der Waals surface area contributed by atoms with Gasteiger partial charge >= 0.3 is 0 Å². The van der Waals surface area contributed by atoms with Crippen molar-refractivity contribution in [3.05, 3.63) is 47.0 Å². The summed E-state index contributed by atoms with van der Waals surface area (Å²) in [6.45, 7) is 3.93. The lowest BCUT2D eigenvalue weighted by Crippen LogP contribution is -2.27. The molecular weight excluding hydrogens is 332 g/mol. The third-order valence-electron chi connectivity index (χ3n) is 3.36. The first-order valence-electron chi connectivity index (χ1n) is 7.13. The van der Waals surface area contributed by atoms with Crippen molar-refractivity contribution in [2.75, 3.05) is 11.9 Å². The fourth-order valence-corrected chi connectivity index (χ4v) is 3.16. The summed E-state index contributed by atoms with van der Waals surface area (Å²) in [7, 11) is 1.67. The van der Waals surface area contributed by atoms with E-state index in [0.29, 0.717) is 11.0 Å². The first kappa shape index (κ1) is 15.8. The monoisotopic (exact) mass is 346 g/mol. The highest BCUT2D eigenvalue weighted by atomic mass is 35.5. The molecule has 5 nitrogen and oxygen atoms in total. The van der Waals surface area contributed by atoms with Gasteiger partial charge in [0.15, 0.2) is 10.8 Å². The number of hydrogen-bond acceptors (Lipinski definition) is 5. The molecular formula is C16H15ClN4OS. The van der Waals surface area contributed by atoms with Crippen molar-refractivity contribution in [3.8, 4) is 0 Å². The van der Waals surface area contributed by atoms with Crippen LogP contribution in [0, 0.1) is 0 Å². The lowest BCUT2D eigenvalue weighted by molar-refractivity contribution is 0.0988. The predicted molar refractivity (Wildman–Crippen MR) is 93.5 cm³/mol. The number of hydrogen-bond donors (Lipinski definition) is 0. The quantitative estimate of drug-likeness (QED) is 0.715. The molecule has 2 heterocycles. The van der Waals surface area contributed by atoms with E-state index in [1.165, 1.54) is 22.4 Å². The van der Waals surface area contributed by atoms with Crippen LogP contribution in [0.4, 0.5) is 5.13 Å². The lowest BCUT2D eigenvalue weighted by atomic mass is 10.2. The van der Waals surface area contributed by atoms with Gasteiger partial charge in [0.25, 0.3) is 5.91 Å². The summed E-state index contributed by atoms with van der Waals surface area (Å²) in [5, 5.41) is 0.851. The number of aromatic nitrogens is 3. The molecule has 0 N–H and O–H groups in total. The van der Waals surface area contributed by atoms with Gasteiger partial charge in [0.1, 0.15) is 5.82 Å². The van der Waals surface area contributed by atoms with Crippen LogP contribution in [0.2, 0.25) is 5.02 Å².